The van der Waals surface area contributed by atoms with Crippen LogP contribution in [0.5, 0.6) is 0 Å². The van der Waals surface area contributed by atoms with Crippen molar-refractivity contribution in [2.45, 2.75) is 110 Å². The molecule has 0 N–H and O–H groups in total. The summed E-state index contributed by atoms with van der Waals surface area (Å²) in [7, 11) is 0. The number of para-hydroxylation sites is 2. The molecule has 0 saturated carbocycles. The van der Waals surface area contributed by atoms with Gasteiger partial charge in [0.05, 0.1) is 0 Å². The fourth-order valence-corrected chi connectivity index (χ4v) is 14.2. The third-order valence-corrected chi connectivity index (χ3v) is 18.3. The van der Waals surface area contributed by atoms with Gasteiger partial charge in [-0.05, 0) is 183 Å². The molecular formula is C65H62BN3S. The summed E-state index contributed by atoms with van der Waals surface area (Å²) in [6.45, 7) is 22.1. The van der Waals surface area contributed by atoms with Crippen LogP contribution in [0.3, 0.4) is 0 Å². The van der Waals surface area contributed by atoms with Gasteiger partial charge in [0, 0.05) is 71.4 Å². The van der Waals surface area contributed by atoms with Crippen LogP contribution in [-0.2, 0) is 21.7 Å². The highest BCUT2D eigenvalue weighted by atomic mass is 32.1. The molecular weight excluding hydrogens is 866 g/mol. The zero-order chi connectivity index (χ0) is 48.1. The molecule has 1 aromatic heterocycles. The molecule has 5 heteroatoms. The van der Waals surface area contributed by atoms with Gasteiger partial charge < -0.3 is 14.7 Å². The van der Waals surface area contributed by atoms with Gasteiger partial charge in [0.25, 0.3) is 6.71 Å². The van der Waals surface area contributed by atoms with Crippen LogP contribution in [0.1, 0.15) is 109 Å². The summed E-state index contributed by atoms with van der Waals surface area (Å²) in [6, 6.07) is 63.0. The monoisotopic (exact) mass is 927 g/mol. The largest absolute Gasteiger partial charge is 0.311 e. The van der Waals surface area contributed by atoms with E-state index < -0.39 is 0 Å². The van der Waals surface area contributed by atoms with Crippen molar-refractivity contribution in [3.05, 3.63) is 192 Å². The number of anilines is 9. The van der Waals surface area contributed by atoms with Crippen LogP contribution in [0.25, 0.3) is 20.2 Å². The second-order valence-electron chi connectivity index (χ2n) is 23.6. The number of nitrogens with zero attached hydrogens (tertiary/aromatic N) is 3. The first-order valence-corrected chi connectivity index (χ1v) is 26.4. The molecule has 13 rings (SSSR count). The Balaban J connectivity index is 1.12. The molecule has 3 heterocycles. The van der Waals surface area contributed by atoms with E-state index in [-0.39, 0.29) is 28.4 Å². The molecule has 0 bridgehead atoms. The highest BCUT2D eigenvalue weighted by Crippen LogP contribution is 2.53. The van der Waals surface area contributed by atoms with E-state index in [4.69, 9.17) is 0 Å². The van der Waals surface area contributed by atoms with Crippen molar-refractivity contribution in [1.29, 1.82) is 0 Å². The first-order chi connectivity index (χ1) is 33.6. The lowest BCUT2D eigenvalue weighted by Crippen LogP contribution is -2.62. The number of fused-ring (bicyclic) bond motifs is 9. The summed E-state index contributed by atoms with van der Waals surface area (Å²) in [5.41, 5.74) is 22.5. The van der Waals surface area contributed by atoms with Crippen molar-refractivity contribution in [1.82, 2.24) is 0 Å². The molecule has 346 valence electrons. The minimum atomic E-state index is 0.00579. The minimum Gasteiger partial charge on any atom is -0.311 e. The summed E-state index contributed by atoms with van der Waals surface area (Å²) in [6.07, 6.45) is 4.71. The van der Waals surface area contributed by atoms with Crippen LogP contribution >= 0.6 is 11.3 Å². The van der Waals surface area contributed by atoms with E-state index in [9.17, 15) is 0 Å². The van der Waals surface area contributed by atoms with Gasteiger partial charge in [-0.25, -0.2) is 0 Å². The predicted molar refractivity (Wildman–Crippen MR) is 303 cm³/mol. The second kappa shape index (κ2) is 15.2. The summed E-state index contributed by atoms with van der Waals surface area (Å²) in [5, 5.41) is 2.63. The normalized spacial score (nSPS) is 17.6. The van der Waals surface area contributed by atoms with Crippen LogP contribution in [0.15, 0.2) is 164 Å². The maximum absolute atomic E-state index is 2.69. The fourth-order valence-electron chi connectivity index (χ4n) is 13.0. The highest BCUT2D eigenvalue weighted by Gasteiger charge is 2.47. The molecule has 8 aromatic carbocycles. The van der Waals surface area contributed by atoms with E-state index in [2.05, 4.69) is 241 Å². The van der Waals surface area contributed by atoms with E-state index in [1.54, 1.807) is 0 Å². The molecule has 0 fully saturated rings. The van der Waals surface area contributed by atoms with Crippen molar-refractivity contribution < 1.29 is 0 Å². The molecule has 70 heavy (non-hydrogen) atoms. The molecule has 0 spiro atoms. The zero-order valence-electron chi connectivity index (χ0n) is 42.2. The Morgan fingerprint density at radius 3 is 1.57 bits per heavy atom. The summed E-state index contributed by atoms with van der Waals surface area (Å²) >= 11 is 1.90. The third kappa shape index (κ3) is 6.53. The number of benzene rings is 8. The van der Waals surface area contributed by atoms with Gasteiger partial charge in [-0.2, -0.15) is 0 Å². The fraction of sp³-hybridized carbons (Fsp3) is 0.262. The number of aryl methyl sites for hydroxylation is 1. The second-order valence-corrected chi connectivity index (χ2v) is 24.7. The Morgan fingerprint density at radius 2 is 0.929 bits per heavy atom. The van der Waals surface area contributed by atoms with Crippen molar-refractivity contribution in [3.8, 4) is 0 Å². The number of rotatable bonds is 5. The van der Waals surface area contributed by atoms with Crippen molar-refractivity contribution in [3.63, 3.8) is 0 Å². The smallest absolute Gasteiger partial charge is 0.252 e. The Bertz CT molecular complexity index is 3560. The lowest BCUT2D eigenvalue weighted by molar-refractivity contribution is 0.332. The van der Waals surface area contributed by atoms with Crippen LogP contribution < -0.4 is 31.1 Å². The molecule has 0 radical (unpaired) electrons. The lowest BCUT2D eigenvalue weighted by atomic mass is 9.33. The van der Waals surface area contributed by atoms with Gasteiger partial charge >= 0.3 is 0 Å². The molecule has 9 aromatic rings. The Labute approximate surface area is 419 Å². The average molecular weight is 928 g/mol. The SMILES string of the molecule is Cc1cc2c3c(c1)N(c1ccc4c(c1)C(C)(C)CCC4(C)C)c1cc4c(cc1B3c1ccc(N(c3ccccc3)c3ccccc3)cc1N2c1ccc2c(c1)sc1ccccc12)C(C)(C)CCC4(C)C. The van der Waals surface area contributed by atoms with Crippen molar-refractivity contribution in [2.75, 3.05) is 14.7 Å². The average Bonchev–Trinajstić information content (AvgIpc) is 3.72. The molecule has 2 aliphatic heterocycles. The molecule has 0 unspecified atom stereocenters. The predicted octanol–water partition coefficient (Wildman–Crippen LogP) is 16.6. The van der Waals surface area contributed by atoms with Gasteiger partial charge in [0.15, 0.2) is 0 Å². The van der Waals surface area contributed by atoms with Gasteiger partial charge in [0.2, 0.25) is 0 Å². The quantitative estimate of drug-likeness (QED) is 0.159. The molecule has 2 aliphatic carbocycles. The zero-order valence-corrected chi connectivity index (χ0v) is 43.1. The van der Waals surface area contributed by atoms with E-state index in [1.807, 2.05) is 11.3 Å². The van der Waals surface area contributed by atoms with Gasteiger partial charge in [0.1, 0.15) is 0 Å². The van der Waals surface area contributed by atoms with Gasteiger partial charge in [-0.3, -0.25) is 0 Å². The maximum atomic E-state index is 2.69. The third-order valence-electron chi connectivity index (χ3n) is 17.2. The van der Waals surface area contributed by atoms with Crippen molar-refractivity contribution >= 4 is 106 Å². The van der Waals surface area contributed by atoms with E-state index >= 15 is 0 Å². The minimum absolute atomic E-state index is 0.00579. The molecule has 0 atom stereocenters. The molecule has 4 aliphatic rings. The van der Waals surface area contributed by atoms with E-state index in [0.717, 1.165) is 17.1 Å². The van der Waals surface area contributed by atoms with Crippen LogP contribution in [0.4, 0.5) is 51.2 Å². The maximum Gasteiger partial charge on any atom is 0.252 e. The number of hydrogen-bond donors (Lipinski definition) is 0. The van der Waals surface area contributed by atoms with Gasteiger partial charge in [-0.1, -0.05) is 134 Å². The molecule has 3 nitrogen and oxygen atoms in total. The van der Waals surface area contributed by atoms with Crippen molar-refractivity contribution in [2.24, 2.45) is 0 Å². The van der Waals surface area contributed by atoms with Gasteiger partial charge in [-0.15, -0.1) is 11.3 Å². The van der Waals surface area contributed by atoms with Crippen LogP contribution in [0, 0.1) is 6.92 Å². The van der Waals surface area contributed by atoms with E-state index in [0.29, 0.717) is 0 Å². The Kier molecular flexibility index (Phi) is 9.45. The summed E-state index contributed by atoms with van der Waals surface area (Å²) in [5.74, 6) is 0. The Hall–Kier alpha value is -6.56. The van der Waals surface area contributed by atoms with Crippen LogP contribution in [0.2, 0.25) is 0 Å². The van der Waals surface area contributed by atoms with E-state index in [1.165, 1.54) is 124 Å². The first kappa shape index (κ1) is 43.5. The topological polar surface area (TPSA) is 9.72 Å². The molecule has 0 amide bonds. The lowest BCUT2D eigenvalue weighted by Gasteiger charge is -2.48. The standard InChI is InChI=1S/C65H62BN3S/c1-41-34-57-61-58(35-41)69(46-24-27-48-47-22-16-17-23-59(47)70-60(48)38-46)55-37-45(67(42-18-12-10-13-19-42)43-20-14-11-15-21-43)26-29-53(55)66(61)54-39-51-52(65(8,9)33-32-64(51,6)7)40-56(54)68(57)44-25-28-49-50(36-44)63(4,5)31-30-62(49,2)3/h10-29,34-40H,30-33H2,1-9H3. The highest BCUT2D eigenvalue weighted by molar-refractivity contribution is 7.25. The Morgan fingerprint density at radius 1 is 0.414 bits per heavy atom. The van der Waals surface area contributed by atoms with Crippen LogP contribution in [-0.4, -0.2) is 6.71 Å². The number of hydrogen-bond acceptors (Lipinski definition) is 4. The number of thiophene rings is 1. The first-order valence-electron chi connectivity index (χ1n) is 25.6. The molecule has 0 saturated heterocycles. The summed E-state index contributed by atoms with van der Waals surface area (Å²) < 4.78 is 2.63. The summed E-state index contributed by atoms with van der Waals surface area (Å²) in [4.78, 5) is 7.72.